The van der Waals surface area contributed by atoms with Gasteiger partial charge in [-0.2, -0.15) is 0 Å². The summed E-state index contributed by atoms with van der Waals surface area (Å²) in [5, 5.41) is 0. The fourth-order valence-corrected chi connectivity index (χ4v) is 0.874. The number of esters is 2. The van der Waals surface area contributed by atoms with Gasteiger partial charge in [0.25, 0.3) is 0 Å². The van der Waals surface area contributed by atoms with E-state index >= 15 is 0 Å². The van der Waals surface area contributed by atoms with E-state index in [1.165, 1.54) is 0 Å². The Balaban J connectivity index is 3.87. The molecular weight excluding hydrogens is 212 g/mol. The molecule has 0 saturated carbocycles. The maximum atomic E-state index is 11.2. The average Bonchev–Trinajstić information content (AvgIpc) is 2.28. The largest absolute Gasteiger partial charge is 0.425 e. The molecule has 1 atom stereocenters. The van der Waals surface area contributed by atoms with E-state index in [0.29, 0.717) is 19.6 Å². The maximum absolute atomic E-state index is 11.2. The Morgan fingerprint density at radius 1 is 1.31 bits per heavy atom. The van der Waals surface area contributed by atoms with Crippen molar-refractivity contribution in [3.05, 3.63) is 12.7 Å². The molecule has 0 aliphatic carbocycles. The van der Waals surface area contributed by atoms with Gasteiger partial charge in [0.15, 0.2) is 0 Å². The molecule has 0 radical (unpaired) electrons. The van der Waals surface area contributed by atoms with Crippen LogP contribution in [0.1, 0.15) is 26.7 Å². The van der Waals surface area contributed by atoms with E-state index in [2.05, 4.69) is 6.58 Å². The van der Waals surface area contributed by atoms with Crippen molar-refractivity contribution >= 4 is 11.9 Å². The SMILES string of the molecule is C=CC(=O)OC(CC)OC(=O)CCOCC. The maximum Gasteiger partial charge on any atom is 0.333 e. The highest BCUT2D eigenvalue weighted by Gasteiger charge is 2.15. The zero-order valence-corrected chi connectivity index (χ0v) is 9.73. The zero-order valence-electron chi connectivity index (χ0n) is 9.73. The van der Waals surface area contributed by atoms with Crippen LogP contribution in [0.3, 0.4) is 0 Å². The van der Waals surface area contributed by atoms with Crippen molar-refractivity contribution in [2.75, 3.05) is 13.2 Å². The Bertz CT molecular complexity index is 237. The van der Waals surface area contributed by atoms with Gasteiger partial charge in [-0.15, -0.1) is 0 Å². The van der Waals surface area contributed by atoms with Crippen LogP contribution in [0.4, 0.5) is 0 Å². The van der Waals surface area contributed by atoms with Gasteiger partial charge < -0.3 is 14.2 Å². The van der Waals surface area contributed by atoms with E-state index < -0.39 is 18.2 Å². The molecule has 0 spiro atoms. The molecule has 5 heteroatoms. The fraction of sp³-hybridized carbons (Fsp3) is 0.636. The first kappa shape index (κ1) is 14.6. The number of carbonyl (C=O) groups is 2. The van der Waals surface area contributed by atoms with Crippen molar-refractivity contribution in [1.82, 2.24) is 0 Å². The normalized spacial score (nSPS) is 11.6. The Morgan fingerprint density at radius 2 is 2.00 bits per heavy atom. The predicted octanol–water partition coefficient (Wildman–Crippen LogP) is 1.42. The van der Waals surface area contributed by atoms with Crippen LogP contribution in [-0.4, -0.2) is 31.4 Å². The van der Waals surface area contributed by atoms with Crippen molar-refractivity contribution in [3.63, 3.8) is 0 Å². The van der Waals surface area contributed by atoms with E-state index in [1.807, 2.05) is 6.92 Å². The highest BCUT2D eigenvalue weighted by molar-refractivity contribution is 5.81. The summed E-state index contributed by atoms with van der Waals surface area (Å²) in [6.07, 6.45) is 0.728. The van der Waals surface area contributed by atoms with Crippen LogP contribution in [0.2, 0.25) is 0 Å². The van der Waals surface area contributed by atoms with Crippen LogP contribution in [-0.2, 0) is 23.8 Å². The molecule has 0 amide bonds. The lowest BCUT2D eigenvalue weighted by atomic mass is 10.4. The molecule has 0 aromatic rings. The second-order valence-electron chi connectivity index (χ2n) is 2.92. The summed E-state index contributed by atoms with van der Waals surface area (Å²) in [6.45, 7) is 7.70. The molecule has 0 aromatic carbocycles. The number of hydrogen-bond acceptors (Lipinski definition) is 5. The van der Waals surface area contributed by atoms with Gasteiger partial charge >= 0.3 is 11.9 Å². The van der Waals surface area contributed by atoms with Gasteiger partial charge in [0.2, 0.25) is 6.29 Å². The molecule has 0 fully saturated rings. The molecule has 92 valence electrons. The van der Waals surface area contributed by atoms with Crippen LogP contribution in [0.5, 0.6) is 0 Å². The van der Waals surface area contributed by atoms with E-state index in [9.17, 15) is 9.59 Å². The summed E-state index contributed by atoms with van der Waals surface area (Å²) in [4.78, 5) is 22.1. The molecular formula is C11H18O5. The monoisotopic (exact) mass is 230 g/mol. The highest BCUT2D eigenvalue weighted by atomic mass is 16.7. The van der Waals surface area contributed by atoms with Gasteiger partial charge in [-0.3, -0.25) is 4.79 Å². The van der Waals surface area contributed by atoms with Crippen molar-refractivity contribution in [1.29, 1.82) is 0 Å². The lowest BCUT2D eigenvalue weighted by Crippen LogP contribution is -2.23. The Kier molecular flexibility index (Phi) is 8.15. The van der Waals surface area contributed by atoms with Crippen LogP contribution >= 0.6 is 0 Å². The topological polar surface area (TPSA) is 61.8 Å². The minimum Gasteiger partial charge on any atom is -0.425 e. The van der Waals surface area contributed by atoms with Gasteiger partial charge in [0.05, 0.1) is 13.0 Å². The number of ether oxygens (including phenoxy) is 3. The Labute approximate surface area is 95.4 Å². The molecule has 0 aliphatic heterocycles. The van der Waals surface area contributed by atoms with E-state index in [0.717, 1.165) is 6.08 Å². The van der Waals surface area contributed by atoms with Crippen molar-refractivity contribution in [2.24, 2.45) is 0 Å². The van der Waals surface area contributed by atoms with Crippen LogP contribution in [0.25, 0.3) is 0 Å². The van der Waals surface area contributed by atoms with E-state index in [4.69, 9.17) is 14.2 Å². The summed E-state index contributed by atoms with van der Waals surface area (Å²) < 4.78 is 14.7. The Hall–Kier alpha value is -1.36. The summed E-state index contributed by atoms with van der Waals surface area (Å²) in [7, 11) is 0. The second kappa shape index (κ2) is 8.91. The van der Waals surface area contributed by atoms with E-state index in [1.54, 1.807) is 6.92 Å². The smallest absolute Gasteiger partial charge is 0.333 e. The molecule has 1 unspecified atom stereocenters. The summed E-state index contributed by atoms with van der Waals surface area (Å²) in [5.74, 6) is -1.05. The molecule has 0 aromatic heterocycles. The standard InChI is InChI=1S/C11H18O5/c1-4-9(12)15-11(5-2)16-10(13)7-8-14-6-3/h4,11H,1,5-8H2,2-3H3. The van der Waals surface area contributed by atoms with Gasteiger partial charge in [-0.05, 0) is 6.92 Å². The first-order valence-electron chi connectivity index (χ1n) is 5.24. The Morgan fingerprint density at radius 3 is 2.50 bits per heavy atom. The number of hydrogen-bond donors (Lipinski definition) is 0. The lowest BCUT2D eigenvalue weighted by Gasteiger charge is -2.15. The first-order chi connectivity index (χ1) is 7.63. The van der Waals surface area contributed by atoms with Gasteiger partial charge in [-0.1, -0.05) is 13.5 Å². The molecule has 0 N–H and O–H groups in total. The van der Waals surface area contributed by atoms with E-state index in [-0.39, 0.29) is 6.42 Å². The number of carbonyl (C=O) groups excluding carboxylic acids is 2. The summed E-state index contributed by atoms with van der Waals surface area (Å²) >= 11 is 0. The van der Waals surface area contributed by atoms with Crippen molar-refractivity contribution in [2.45, 2.75) is 33.0 Å². The summed E-state index contributed by atoms with van der Waals surface area (Å²) in [5.41, 5.74) is 0. The molecule has 0 rings (SSSR count). The summed E-state index contributed by atoms with van der Waals surface area (Å²) in [6, 6.07) is 0. The zero-order chi connectivity index (χ0) is 12.4. The van der Waals surface area contributed by atoms with Gasteiger partial charge in [-0.25, -0.2) is 4.79 Å². The lowest BCUT2D eigenvalue weighted by molar-refractivity contribution is -0.185. The predicted molar refractivity (Wildman–Crippen MR) is 57.6 cm³/mol. The quantitative estimate of drug-likeness (QED) is 0.273. The van der Waals surface area contributed by atoms with Crippen LogP contribution in [0.15, 0.2) is 12.7 Å². The van der Waals surface area contributed by atoms with Gasteiger partial charge in [0.1, 0.15) is 0 Å². The third-order valence-corrected chi connectivity index (χ3v) is 1.67. The third kappa shape index (κ3) is 7.00. The van der Waals surface area contributed by atoms with Crippen LogP contribution in [0, 0.1) is 0 Å². The molecule has 0 bridgehead atoms. The minimum atomic E-state index is -0.848. The van der Waals surface area contributed by atoms with Crippen molar-refractivity contribution in [3.8, 4) is 0 Å². The average molecular weight is 230 g/mol. The molecule has 16 heavy (non-hydrogen) atoms. The van der Waals surface area contributed by atoms with Gasteiger partial charge in [0, 0.05) is 19.1 Å². The third-order valence-electron chi connectivity index (χ3n) is 1.67. The second-order valence-corrected chi connectivity index (χ2v) is 2.92. The molecule has 0 saturated heterocycles. The molecule has 5 nitrogen and oxygen atoms in total. The number of rotatable bonds is 8. The highest BCUT2D eigenvalue weighted by Crippen LogP contribution is 2.03. The first-order valence-corrected chi connectivity index (χ1v) is 5.24. The molecule has 0 aliphatic rings. The molecule has 0 heterocycles. The fourth-order valence-electron chi connectivity index (χ4n) is 0.874. The van der Waals surface area contributed by atoms with Crippen LogP contribution < -0.4 is 0 Å². The minimum absolute atomic E-state index is 0.149. The van der Waals surface area contributed by atoms with Crippen molar-refractivity contribution < 1.29 is 23.8 Å².